The van der Waals surface area contributed by atoms with Crippen LogP contribution in [0.2, 0.25) is 0 Å². The first-order valence-electron chi connectivity index (χ1n) is 8.28. The van der Waals surface area contributed by atoms with Gasteiger partial charge in [0, 0.05) is 12.5 Å². The van der Waals surface area contributed by atoms with Crippen LogP contribution in [0.3, 0.4) is 0 Å². The highest BCUT2D eigenvalue weighted by Crippen LogP contribution is 2.40. The molecular formula is C16H25NO3S. The predicted octanol–water partition coefficient (Wildman–Crippen LogP) is 2.76. The average Bonchev–Trinajstić information content (AvgIpc) is 2.88. The second-order valence-electron chi connectivity index (χ2n) is 6.76. The number of likely N-dealkylation sites (tertiary alicyclic amines) is 1. The third-order valence-corrected chi connectivity index (χ3v) is 6.51. The van der Waals surface area contributed by atoms with Crippen molar-refractivity contribution >= 4 is 23.6 Å². The van der Waals surface area contributed by atoms with Gasteiger partial charge in [-0.3, -0.25) is 4.79 Å². The topological polar surface area (TPSA) is 57.6 Å². The van der Waals surface area contributed by atoms with Gasteiger partial charge >= 0.3 is 5.97 Å². The zero-order chi connectivity index (χ0) is 14.8. The monoisotopic (exact) mass is 311 g/mol. The molecule has 0 radical (unpaired) electrons. The third kappa shape index (κ3) is 3.22. The summed E-state index contributed by atoms with van der Waals surface area (Å²) in [7, 11) is 0. The van der Waals surface area contributed by atoms with Crippen molar-refractivity contribution in [1.29, 1.82) is 0 Å². The van der Waals surface area contributed by atoms with Gasteiger partial charge in [-0.1, -0.05) is 12.8 Å². The molecular weight excluding hydrogens is 286 g/mol. The molecule has 0 aromatic rings. The summed E-state index contributed by atoms with van der Waals surface area (Å²) in [6.45, 7) is 0. The zero-order valence-electron chi connectivity index (χ0n) is 12.5. The molecule has 118 valence electrons. The van der Waals surface area contributed by atoms with Crippen LogP contribution >= 0.6 is 11.8 Å². The van der Waals surface area contributed by atoms with Gasteiger partial charge in [0.15, 0.2) is 0 Å². The fourth-order valence-corrected chi connectivity index (χ4v) is 5.55. The van der Waals surface area contributed by atoms with Crippen LogP contribution in [0.25, 0.3) is 0 Å². The van der Waals surface area contributed by atoms with Gasteiger partial charge < -0.3 is 10.0 Å². The van der Waals surface area contributed by atoms with Crippen molar-refractivity contribution in [3.8, 4) is 0 Å². The molecule has 0 spiro atoms. The van der Waals surface area contributed by atoms with Crippen molar-refractivity contribution in [3.05, 3.63) is 0 Å². The Morgan fingerprint density at radius 1 is 1.10 bits per heavy atom. The standard InChI is InChI=1S/C16H25NO3S/c18-15(9-11-5-7-21-8-6-11)17-13-4-2-1-3-12(13)10-14(17)16(19)20/h11-14H,1-10H2,(H,19,20)/t12-,13-,14-/m0/s1. The van der Waals surface area contributed by atoms with Gasteiger partial charge in [0.05, 0.1) is 0 Å². The van der Waals surface area contributed by atoms with E-state index in [0.29, 0.717) is 24.7 Å². The number of aliphatic carboxylic acids is 1. The van der Waals surface area contributed by atoms with Crippen molar-refractivity contribution < 1.29 is 14.7 Å². The lowest BCUT2D eigenvalue weighted by molar-refractivity contribution is -0.150. The lowest BCUT2D eigenvalue weighted by Crippen LogP contribution is -2.46. The van der Waals surface area contributed by atoms with Gasteiger partial charge in [0.2, 0.25) is 5.91 Å². The first kappa shape index (κ1) is 15.2. The number of thioether (sulfide) groups is 1. The molecule has 0 aromatic heterocycles. The largest absolute Gasteiger partial charge is 0.480 e. The molecule has 4 nitrogen and oxygen atoms in total. The molecule has 1 N–H and O–H groups in total. The van der Waals surface area contributed by atoms with Crippen LogP contribution in [-0.4, -0.2) is 45.5 Å². The van der Waals surface area contributed by atoms with E-state index in [9.17, 15) is 14.7 Å². The Bertz CT molecular complexity index is 408. The summed E-state index contributed by atoms with van der Waals surface area (Å²) in [6, 6.07) is -0.367. The van der Waals surface area contributed by atoms with E-state index < -0.39 is 12.0 Å². The summed E-state index contributed by atoms with van der Waals surface area (Å²) in [6.07, 6.45) is 7.87. The summed E-state index contributed by atoms with van der Waals surface area (Å²) >= 11 is 1.96. The summed E-state index contributed by atoms with van der Waals surface area (Å²) in [5, 5.41) is 9.49. The fourth-order valence-electron chi connectivity index (χ4n) is 4.34. The molecule has 2 saturated heterocycles. The Hall–Kier alpha value is -0.710. The molecule has 21 heavy (non-hydrogen) atoms. The fraction of sp³-hybridized carbons (Fsp3) is 0.875. The summed E-state index contributed by atoms with van der Waals surface area (Å²) in [5.74, 6) is 2.48. The van der Waals surface area contributed by atoms with Crippen LogP contribution in [0.1, 0.15) is 51.4 Å². The van der Waals surface area contributed by atoms with E-state index >= 15 is 0 Å². The van der Waals surface area contributed by atoms with Crippen molar-refractivity contribution in [1.82, 2.24) is 4.90 Å². The molecule has 0 bridgehead atoms. The molecule has 1 aliphatic carbocycles. The van der Waals surface area contributed by atoms with E-state index in [-0.39, 0.29) is 11.9 Å². The average molecular weight is 311 g/mol. The van der Waals surface area contributed by atoms with Crippen LogP contribution in [0, 0.1) is 11.8 Å². The molecule has 0 aromatic carbocycles. The van der Waals surface area contributed by atoms with Gasteiger partial charge in [-0.05, 0) is 55.4 Å². The number of carboxylic acid groups (broad SMARTS) is 1. The molecule has 3 fully saturated rings. The molecule has 2 aliphatic heterocycles. The Balaban J connectivity index is 1.69. The van der Waals surface area contributed by atoms with Gasteiger partial charge in [-0.2, -0.15) is 11.8 Å². The Morgan fingerprint density at radius 2 is 1.81 bits per heavy atom. The highest BCUT2D eigenvalue weighted by Gasteiger charge is 2.47. The maximum absolute atomic E-state index is 12.7. The number of carbonyl (C=O) groups excluding carboxylic acids is 1. The molecule has 3 rings (SSSR count). The lowest BCUT2D eigenvalue weighted by Gasteiger charge is -2.34. The van der Waals surface area contributed by atoms with Crippen LogP contribution in [0.15, 0.2) is 0 Å². The summed E-state index contributed by atoms with van der Waals surface area (Å²) < 4.78 is 0. The number of nitrogens with zero attached hydrogens (tertiary/aromatic N) is 1. The SMILES string of the molecule is O=C(O)[C@@H]1C[C@@H]2CCCC[C@@H]2N1C(=O)CC1CCSCC1. The highest BCUT2D eigenvalue weighted by atomic mass is 32.2. The number of rotatable bonds is 3. The van der Waals surface area contributed by atoms with E-state index in [2.05, 4.69) is 0 Å². The second kappa shape index (κ2) is 6.59. The number of amides is 1. The molecule has 0 unspecified atom stereocenters. The molecule has 1 saturated carbocycles. The minimum absolute atomic E-state index is 0.105. The molecule has 3 atom stereocenters. The van der Waals surface area contributed by atoms with E-state index in [1.54, 1.807) is 4.90 Å². The molecule has 5 heteroatoms. The first-order valence-corrected chi connectivity index (χ1v) is 9.44. The quantitative estimate of drug-likeness (QED) is 0.871. The van der Waals surface area contributed by atoms with Crippen molar-refractivity contribution in [3.63, 3.8) is 0 Å². The van der Waals surface area contributed by atoms with Crippen LogP contribution in [0.4, 0.5) is 0 Å². The predicted molar refractivity (Wildman–Crippen MR) is 83.3 cm³/mol. The van der Waals surface area contributed by atoms with E-state index in [1.807, 2.05) is 11.8 Å². The summed E-state index contributed by atoms with van der Waals surface area (Å²) in [4.78, 5) is 26.1. The lowest BCUT2D eigenvalue weighted by atomic mass is 9.84. The Labute approximate surface area is 130 Å². The van der Waals surface area contributed by atoms with Crippen LogP contribution in [0.5, 0.6) is 0 Å². The Kier molecular flexibility index (Phi) is 4.77. The number of hydrogen-bond acceptors (Lipinski definition) is 3. The second-order valence-corrected chi connectivity index (χ2v) is 7.99. The minimum atomic E-state index is -0.808. The van der Waals surface area contributed by atoms with Gasteiger partial charge in [0.1, 0.15) is 6.04 Å². The van der Waals surface area contributed by atoms with Crippen molar-refractivity contribution in [2.45, 2.75) is 63.5 Å². The van der Waals surface area contributed by atoms with Gasteiger partial charge in [0.25, 0.3) is 0 Å². The van der Waals surface area contributed by atoms with Gasteiger partial charge in [-0.15, -0.1) is 0 Å². The smallest absolute Gasteiger partial charge is 0.326 e. The van der Waals surface area contributed by atoms with E-state index in [1.165, 1.54) is 6.42 Å². The molecule has 1 amide bonds. The van der Waals surface area contributed by atoms with Crippen LogP contribution in [-0.2, 0) is 9.59 Å². The zero-order valence-corrected chi connectivity index (χ0v) is 13.3. The number of fused-ring (bicyclic) bond motifs is 1. The maximum Gasteiger partial charge on any atom is 0.326 e. The van der Waals surface area contributed by atoms with Crippen LogP contribution < -0.4 is 0 Å². The van der Waals surface area contributed by atoms with E-state index in [4.69, 9.17) is 0 Å². The first-order chi connectivity index (χ1) is 10.2. The van der Waals surface area contributed by atoms with Crippen molar-refractivity contribution in [2.75, 3.05) is 11.5 Å². The molecule has 2 heterocycles. The maximum atomic E-state index is 12.7. The number of carbonyl (C=O) groups is 2. The minimum Gasteiger partial charge on any atom is -0.480 e. The van der Waals surface area contributed by atoms with Crippen molar-refractivity contribution in [2.24, 2.45) is 11.8 Å². The number of hydrogen-bond donors (Lipinski definition) is 1. The highest BCUT2D eigenvalue weighted by molar-refractivity contribution is 7.99. The normalized spacial score (nSPS) is 33.7. The molecule has 3 aliphatic rings. The summed E-state index contributed by atoms with van der Waals surface area (Å²) in [5.41, 5.74) is 0. The van der Waals surface area contributed by atoms with Gasteiger partial charge in [-0.25, -0.2) is 4.79 Å². The van der Waals surface area contributed by atoms with E-state index in [0.717, 1.165) is 43.6 Å². The Morgan fingerprint density at radius 3 is 2.52 bits per heavy atom. The number of carboxylic acids is 1. The third-order valence-electron chi connectivity index (χ3n) is 5.47.